The van der Waals surface area contributed by atoms with Crippen LogP contribution < -0.4 is 5.32 Å². The summed E-state index contributed by atoms with van der Waals surface area (Å²) >= 11 is 0. The van der Waals surface area contributed by atoms with Gasteiger partial charge < -0.3 is 89.9 Å². The highest BCUT2D eigenvalue weighted by Crippen LogP contribution is 2.33. The van der Waals surface area contributed by atoms with E-state index in [0.717, 1.165) is 64.2 Å². The van der Waals surface area contributed by atoms with Gasteiger partial charge in [-0.2, -0.15) is 0 Å². The molecule has 3 aliphatic heterocycles. The SMILES string of the molecule is CC/C=C\C/C=C\C/C=C\C/C=C\C/C=C\CCCCCCCCCCCCCCCCCCCCCCCC(=O)NC(COC1OC(CO)C(OC2OC(CO)C(OC3OC(CO)C(O)C(O)C3O)C(O)C2O)C(O)C1O)C(O)/C=C/CCCC. The van der Waals surface area contributed by atoms with Crippen molar-refractivity contribution in [1.29, 1.82) is 0 Å². The summed E-state index contributed by atoms with van der Waals surface area (Å²) in [6.07, 6.45) is 34.5. The first-order valence-electron chi connectivity index (χ1n) is 33.2. The van der Waals surface area contributed by atoms with Gasteiger partial charge in [0.25, 0.3) is 0 Å². The molecular formula is C67H117NO18. The third-order valence-corrected chi connectivity index (χ3v) is 16.3. The second-order valence-electron chi connectivity index (χ2n) is 23.6. The maximum atomic E-state index is 13.2. The Labute approximate surface area is 515 Å². The number of ether oxygens (including phenoxy) is 6. The number of allylic oxidation sites excluding steroid dienone is 11. The van der Waals surface area contributed by atoms with Crippen LogP contribution in [0.5, 0.6) is 0 Å². The standard InChI is InChI=1S/C67H117NO18/c1-3-5-7-9-10-11-12-13-14-15-16-17-18-19-20-21-22-23-24-25-26-27-28-29-30-31-32-33-34-35-36-37-38-39-40-41-43-45-55(73)68-50(51(72)44-42-8-6-4-2)49-81-65-61(79)58(76)63(53(47-70)83-65)86-67-62(80)59(77)64(54(48-71)84-67)85-66-60(78)57(75)56(74)52(46-69)82-66/h5,7,10-11,13-14,16-17,19-20,42,44,50-54,56-67,69-72,74-80H,3-4,6,8-9,12,15,18,21-41,43,45-49H2,1-2H3,(H,68,73)/b7-5-,11-10-,14-13-,17-16-,20-19-,44-42+. The van der Waals surface area contributed by atoms with E-state index in [2.05, 4.69) is 73.0 Å². The molecule has 3 aliphatic rings. The van der Waals surface area contributed by atoms with Gasteiger partial charge in [-0.15, -0.1) is 0 Å². The summed E-state index contributed by atoms with van der Waals surface area (Å²) in [5.41, 5.74) is 0. The van der Waals surface area contributed by atoms with Gasteiger partial charge in [-0.05, 0) is 57.8 Å². The van der Waals surface area contributed by atoms with Crippen molar-refractivity contribution < 1.29 is 89.4 Å². The van der Waals surface area contributed by atoms with Gasteiger partial charge in [0.1, 0.15) is 73.2 Å². The lowest BCUT2D eigenvalue weighted by Crippen LogP contribution is -2.66. The minimum Gasteiger partial charge on any atom is -0.394 e. The molecule has 0 saturated carbocycles. The van der Waals surface area contributed by atoms with Crippen LogP contribution in [0.25, 0.3) is 0 Å². The Balaban J connectivity index is 1.23. The molecule has 17 atom stereocenters. The molecule has 0 aromatic carbocycles. The first-order valence-corrected chi connectivity index (χ1v) is 33.2. The predicted octanol–water partition coefficient (Wildman–Crippen LogP) is 7.77. The fourth-order valence-electron chi connectivity index (χ4n) is 10.9. The first kappa shape index (κ1) is 77.5. The van der Waals surface area contributed by atoms with Crippen molar-refractivity contribution in [2.75, 3.05) is 26.4 Å². The molecule has 19 heteroatoms. The van der Waals surface area contributed by atoms with Crippen LogP contribution >= 0.6 is 0 Å². The fraction of sp³-hybridized carbons (Fsp3) is 0.806. The quantitative estimate of drug-likeness (QED) is 0.0204. The maximum absolute atomic E-state index is 13.2. The lowest BCUT2D eigenvalue weighted by atomic mass is 9.96. The van der Waals surface area contributed by atoms with E-state index in [1.807, 2.05) is 13.0 Å². The summed E-state index contributed by atoms with van der Waals surface area (Å²) in [5, 5.41) is 119. The van der Waals surface area contributed by atoms with Gasteiger partial charge >= 0.3 is 0 Å². The minimum atomic E-state index is -1.98. The summed E-state index contributed by atoms with van der Waals surface area (Å²) in [7, 11) is 0. The average molecular weight is 1220 g/mol. The average Bonchev–Trinajstić information content (AvgIpc) is 1.41. The Bertz CT molecular complexity index is 1850. The molecule has 1 amide bonds. The smallest absolute Gasteiger partial charge is 0.220 e. The van der Waals surface area contributed by atoms with Crippen LogP contribution in [0.3, 0.4) is 0 Å². The summed E-state index contributed by atoms with van der Waals surface area (Å²) in [4.78, 5) is 13.2. The number of aliphatic hydroxyl groups is 11. The largest absolute Gasteiger partial charge is 0.394 e. The number of amides is 1. The third-order valence-electron chi connectivity index (χ3n) is 16.3. The molecule has 17 unspecified atom stereocenters. The van der Waals surface area contributed by atoms with Crippen LogP contribution in [0.4, 0.5) is 0 Å². The second kappa shape index (κ2) is 49.0. The van der Waals surface area contributed by atoms with Crippen molar-refractivity contribution >= 4 is 5.91 Å². The van der Waals surface area contributed by atoms with Gasteiger partial charge in [0.05, 0.1) is 38.6 Å². The number of hydrogen-bond donors (Lipinski definition) is 12. The lowest BCUT2D eigenvalue weighted by Gasteiger charge is -2.48. The predicted molar refractivity (Wildman–Crippen MR) is 332 cm³/mol. The molecule has 86 heavy (non-hydrogen) atoms. The topological polar surface area (TPSA) is 307 Å². The molecule has 3 saturated heterocycles. The molecule has 498 valence electrons. The Morgan fingerprint density at radius 1 is 0.430 bits per heavy atom. The zero-order chi connectivity index (χ0) is 62.6. The highest BCUT2D eigenvalue weighted by Gasteiger charge is 2.53. The van der Waals surface area contributed by atoms with Gasteiger partial charge in [-0.1, -0.05) is 222 Å². The molecule has 0 aromatic rings. The van der Waals surface area contributed by atoms with Crippen LogP contribution in [0.2, 0.25) is 0 Å². The van der Waals surface area contributed by atoms with Gasteiger partial charge in [-0.25, -0.2) is 0 Å². The fourth-order valence-corrected chi connectivity index (χ4v) is 10.9. The number of carbonyl (C=O) groups is 1. The van der Waals surface area contributed by atoms with Crippen molar-refractivity contribution in [3.8, 4) is 0 Å². The van der Waals surface area contributed by atoms with E-state index in [9.17, 15) is 61.0 Å². The minimum absolute atomic E-state index is 0.241. The number of nitrogens with one attached hydrogen (secondary N) is 1. The van der Waals surface area contributed by atoms with Gasteiger partial charge in [0.2, 0.25) is 5.91 Å². The maximum Gasteiger partial charge on any atom is 0.220 e. The molecule has 0 aliphatic carbocycles. The molecule has 0 bridgehead atoms. The zero-order valence-corrected chi connectivity index (χ0v) is 52.3. The van der Waals surface area contributed by atoms with E-state index < -0.39 is 124 Å². The van der Waals surface area contributed by atoms with Crippen molar-refractivity contribution in [3.63, 3.8) is 0 Å². The molecule has 12 N–H and O–H groups in total. The Morgan fingerprint density at radius 2 is 0.802 bits per heavy atom. The van der Waals surface area contributed by atoms with Crippen molar-refractivity contribution in [3.05, 3.63) is 72.9 Å². The summed E-state index contributed by atoms with van der Waals surface area (Å²) in [6, 6.07) is -0.969. The number of hydrogen-bond acceptors (Lipinski definition) is 18. The normalized spacial score (nSPS) is 29.2. The van der Waals surface area contributed by atoms with E-state index in [0.29, 0.717) is 12.8 Å². The van der Waals surface area contributed by atoms with Crippen LogP contribution in [0, 0.1) is 0 Å². The van der Waals surface area contributed by atoms with Gasteiger partial charge in [0, 0.05) is 6.42 Å². The van der Waals surface area contributed by atoms with E-state index in [4.69, 9.17) is 28.4 Å². The van der Waals surface area contributed by atoms with Crippen molar-refractivity contribution in [2.45, 2.75) is 317 Å². The molecule has 3 heterocycles. The molecule has 0 aromatic heterocycles. The van der Waals surface area contributed by atoms with Crippen LogP contribution in [-0.4, -0.2) is 193 Å². The van der Waals surface area contributed by atoms with E-state index >= 15 is 0 Å². The summed E-state index contributed by atoms with van der Waals surface area (Å²) in [6.45, 7) is 1.43. The molecule has 3 fully saturated rings. The highest BCUT2D eigenvalue weighted by atomic mass is 16.8. The van der Waals surface area contributed by atoms with Crippen LogP contribution in [0.15, 0.2) is 72.9 Å². The molecule has 19 nitrogen and oxygen atoms in total. The van der Waals surface area contributed by atoms with Gasteiger partial charge in [0.15, 0.2) is 18.9 Å². The third kappa shape index (κ3) is 31.3. The summed E-state index contributed by atoms with van der Waals surface area (Å²) in [5.74, 6) is -0.285. The van der Waals surface area contributed by atoms with Crippen LogP contribution in [0.1, 0.15) is 213 Å². The van der Waals surface area contributed by atoms with E-state index in [-0.39, 0.29) is 18.9 Å². The number of rotatable bonds is 49. The van der Waals surface area contributed by atoms with E-state index in [1.54, 1.807) is 6.08 Å². The van der Waals surface area contributed by atoms with Crippen LogP contribution in [-0.2, 0) is 33.2 Å². The molecule has 0 spiro atoms. The Morgan fingerprint density at radius 3 is 1.24 bits per heavy atom. The molecular weight excluding hydrogens is 1110 g/mol. The lowest BCUT2D eigenvalue weighted by molar-refractivity contribution is -0.379. The number of aliphatic hydroxyl groups excluding tert-OH is 11. The Kier molecular flexibility index (Phi) is 44.1. The molecule has 0 radical (unpaired) electrons. The highest BCUT2D eigenvalue weighted by molar-refractivity contribution is 5.76. The number of unbranched alkanes of at least 4 members (excludes halogenated alkanes) is 23. The van der Waals surface area contributed by atoms with E-state index in [1.165, 1.54) is 116 Å². The Hall–Kier alpha value is -2.77. The van der Waals surface area contributed by atoms with Gasteiger partial charge in [-0.3, -0.25) is 4.79 Å². The zero-order valence-electron chi connectivity index (χ0n) is 52.3. The monoisotopic (exact) mass is 1220 g/mol. The first-order chi connectivity index (χ1) is 41.8. The summed E-state index contributed by atoms with van der Waals surface area (Å²) < 4.78 is 34.0. The second-order valence-corrected chi connectivity index (χ2v) is 23.6. The van der Waals surface area contributed by atoms with Crippen molar-refractivity contribution in [2.24, 2.45) is 0 Å². The molecule has 3 rings (SSSR count). The number of carbonyl (C=O) groups excluding carboxylic acids is 1. The van der Waals surface area contributed by atoms with Crippen molar-refractivity contribution in [1.82, 2.24) is 5.32 Å².